The summed E-state index contributed by atoms with van der Waals surface area (Å²) in [5.74, 6) is -0.490. The number of carbonyl (C=O) groups is 2. The molecule has 18 heavy (non-hydrogen) atoms. The highest BCUT2D eigenvalue weighted by Gasteiger charge is 2.31. The van der Waals surface area contributed by atoms with Crippen LogP contribution in [0.1, 0.15) is 33.6 Å². The highest BCUT2D eigenvalue weighted by atomic mass is 16.5. The number of ether oxygens (including phenoxy) is 2. The van der Waals surface area contributed by atoms with E-state index in [0.29, 0.717) is 19.8 Å². The molecule has 1 aliphatic rings. The molecular weight excluding hydrogens is 234 g/mol. The molecule has 1 fully saturated rings. The predicted octanol–water partition coefficient (Wildman–Crippen LogP) is 1.21. The fourth-order valence-corrected chi connectivity index (χ4v) is 2.22. The van der Waals surface area contributed by atoms with Gasteiger partial charge in [0.25, 0.3) is 0 Å². The van der Waals surface area contributed by atoms with E-state index in [-0.39, 0.29) is 23.9 Å². The molecule has 5 heteroatoms. The van der Waals surface area contributed by atoms with Crippen molar-refractivity contribution in [2.45, 2.75) is 39.7 Å². The molecule has 0 saturated carbocycles. The summed E-state index contributed by atoms with van der Waals surface area (Å²) in [5, 5.41) is 0. The van der Waals surface area contributed by atoms with E-state index in [1.165, 1.54) is 0 Å². The fourth-order valence-electron chi connectivity index (χ4n) is 2.22. The molecule has 0 spiro atoms. The Morgan fingerprint density at radius 3 is 2.56 bits per heavy atom. The third-order valence-electron chi connectivity index (χ3n) is 3.25. The Labute approximate surface area is 108 Å². The topological polar surface area (TPSA) is 55.8 Å². The van der Waals surface area contributed by atoms with Gasteiger partial charge in [0.1, 0.15) is 6.04 Å². The van der Waals surface area contributed by atoms with Gasteiger partial charge in [-0.25, -0.2) is 0 Å². The zero-order valence-corrected chi connectivity index (χ0v) is 11.5. The zero-order valence-electron chi connectivity index (χ0n) is 11.5. The van der Waals surface area contributed by atoms with Gasteiger partial charge in [0.15, 0.2) is 0 Å². The first-order chi connectivity index (χ1) is 8.60. The summed E-state index contributed by atoms with van der Waals surface area (Å²) < 4.78 is 10.0. The van der Waals surface area contributed by atoms with Crippen molar-refractivity contribution in [2.24, 2.45) is 5.92 Å². The molecule has 104 valence electrons. The van der Waals surface area contributed by atoms with E-state index in [2.05, 4.69) is 0 Å². The second kappa shape index (κ2) is 7.36. The molecule has 0 bridgehead atoms. The highest BCUT2D eigenvalue weighted by Crippen LogP contribution is 2.20. The van der Waals surface area contributed by atoms with Crippen molar-refractivity contribution >= 4 is 11.9 Å². The Bertz CT molecular complexity index is 277. The van der Waals surface area contributed by atoms with E-state index < -0.39 is 0 Å². The fraction of sp³-hybridized carbons (Fsp3) is 0.846. The molecule has 1 aliphatic heterocycles. The standard InChI is InChI=1S/C13H23NO4/c1-4-17-12(15)10(3)14-8-6-7-11(9-14)13(16)18-5-2/h10-11H,4-9H2,1-3H3/t10?,11-/m1/s1. The van der Waals surface area contributed by atoms with Gasteiger partial charge in [-0.2, -0.15) is 0 Å². The second-order valence-corrected chi connectivity index (χ2v) is 4.51. The van der Waals surface area contributed by atoms with Crippen LogP contribution in [-0.2, 0) is 19.1 Å². The summed E-state index contributed by atoms with van der Waals surface area (Å²) in [6.07, 6.45) is 1.75. The normalized spacial score (nSPS) is 22.3. The summed E-state index contributed by atoms with van der Waals surface area (Å²) in [6.45, 7) is 7.63. The van der Waals surface area contributed by atoms with Crippen LogP contribution >= 0.6 is 0 Å². The van der Waals surface area contributed by atoms with Crippen LogP contribution in [0, 0.1) is 5.92 Å². The second-order valence-electron chi connectivity index (χ2n) is 4.51. The average Bonchev–Trinajstić information content (AvgIpc) is 2.38. The van der Waals surface area contributed by atoms with Crippen LogP contribution in [0.25, 0.3) is 0 Å². The first-order valence-corrected chi connectivity index (χ1v) is 6.67. The Morgan fingerprint density at radius 1 is 1.28 bits per heavy atom. The summed E-state index contributed by atoms with van der Waals surface area (Å²) in [6, 6.07) is -0.290. The molecule has 1 heterocycles. The summed E-state index contributed by atoms with van der Waals surface area (Å²) >= 11 is 0. The van der Waals surface area contributed by atoms with E-state index in [1.54, 1.807) is 13.8 Å². The van der Waals surface area contributed by atoms with Crippen LogP contribution in [0.15, 0.2) is 0 Å². The maximum absolute atomic E-state index is 11.7. The maximum atomic E-state index is 11.7. The van der Waals surface area contributed by atoms with E-state index >= 15 is 0 Å². The molecule has 0 aromatic carbocycles. The molecule has 0 radical (unpaired) electrons. The van der Waals surface area contributed by atoms with Crippen molar-refractivity contribution in [3.8, 4) is 0 Å². The third-order valence-corrected chi connectivity index (χ3v) is 3.25. The number of hydrogen-bond acceptors (Lipinski definition) is 5. The van der Waals surface area contributed by atoms with Gasteiger partial charge in [0.05, 0.1) is 19.1 Å². The number of likely N-dealkylation sites (tertiary alicyclic amines) is 1. The van der Waals surface area contributed by atoms with Crippen molar-refractivity contribution in [1.82, 2.24) is 4.90 Å². The summed E-state index contributed by atoms with van der Waals surface area (Å²) in [5.41, 5.74) is 0. The summed E-state index contributed by atoms with van der Waals surface area (Å²) in [4.78, 5) is 25.4. The van der Waals surface area contributed by atoms with Gasteiger partial charge in [-0.3, -0.25) is 14.5 Å². The number of esters is 2. The lowest BCUT2D eigenvalue weighted by atomic mass is 9.97. The van der Waals surface area contributed by atoms with Crippen LogP contribution in [-0.4, -0.2) is 49.2 Å². The van der Waals surface area contributed by atoms with Crippen molar-refractivity contribution in [3.63, 3.8) is 0 Å². The van der Waals surface area contributed by atoms with Crippen molar-refractivity contribution in [3.05, 3.63) is 0 Å². The number of carbonyl (C=O) groups excluding carboxylic acids is 2. The monoisotopic (exact) mass is 257 g/mol. The molecule has 0 aromatic rings. The van der Waals surface area contributed by atoms with Crippen molar-refractivity contribution in [2.75, 3.05) is 26.3 Å². The summed E-state index contributed by atoms with van der Waals surface area (Å²) in [7, 11) is 0. The number of piperidine rings is 1. The molecule has 1 saturated heterocycles. The van der Waals surface area contributed by atoms with E-state index in [4.69, 9.17) is 9.47 Å². The Hall–Kier alpha value is -1.10. The minimum Gasteiger partial charge on any atom is -0.466 e. The largest absolute Gasteiger partial charge is 0.466 e. The van der Waals surface area contributed by atoms with E-state index in [0.717, 1.165) is 19.4 Å². The Morgan fingerprint density at radius 2 is 1.94 bits per heavy atom. The molecule has 1 rings (SSSR count). The molecule has 1 unspecified atom stereocenters. The Balaban J connectivity index is 2.52. The van der Waals surface area contributed by atoms with E-state index in [9.17, 15) is 9.59 Å². The van der Waals surface area contributed by atoms with Gasteiger partial charge in [-0.15, -0.1) is 0 Å². The number of nitrogens with zero attached hydrogens (tertiary/aromatic N) is 1. The predicted molar refractivity (Wildman–Crippen MR) is 67.0 cm³/mol. The minimum atomic E-state index is -0.290. The van der Waals surface area contributed by atoms with Gasteiger partial charge in [0, 0.05) is 6.54 Å². The number of rotatable bonds is 5. The van der Waals surface area contributed by atoms with Crippen LogP contribution < -0.4 is 0 Å². The maximum Gasteiger partial charge on any atom is 0.323 e. The first-order valence-electron chi connectivity index (χ1n) is 6.67. The molecule has 2 atom stereocenters. The lowest BCUT2D eigenvalue weighted by Gasteiger charge is -2.34. The van der Waals surface area contributed by atoms with Crippen LogP contribution in [0.4, 0.5) is 0 Å². The van der Waals surface area contributed by atoms with Crippen LogP contribution in [0.5, 0.6) is 0 Å². The van der Waals surface area contributed by atoms with Gasteiger partial charge in [0.2, 0.25) is 0 Å². The Kier molecular flexibility index (Phi) is 6.12. The SMILES string of the molecule is CCOC(=O)C(C)N1CCC[C@@H](C(=O)OCC)C1. The van der Waals surface area contributed by atoms with Crippen molar-refractivity contribution in [1.29, 1.82) is 0 Å². The van der Waals surface area contributed by atoms with Crippen molar-refractivity contribution < 1.29 is 19.1 Å². The third kappa shape index (κ3) is 3.98. The molecule has 0 aliphatic carbocycles. The average molecular weight is 257 g/mol. The molecule has 0 amide bonds. The van der Waals surface area contributed by atoms with Gasteiger partial charge in [-0.05, 0) is 40.2 Å². The molecular formula is C13H23NO4. The van der Waals surface area contributed by atoms with Crippen LogP contribution in [0.2, 0.25) is 0 Å². The van der Waals surface area contributed by atoms with Crippen LogP contribution in [0.3, 0.4) is 0 Å². The number of hydrogen-bond donors (Lipinski definition) is 0. The lowest BCUT2D eigenvalue weighted by Crippen LogP contribution is -2.47. The quantitative estimate of drug-likeness (QED) is 0.693. The minimum absolute atomic E-state index is 0.115. The molecule has 0 N–H and O–H groups in total. The first kappa shape index (κ1) is 15.0. The zero-order chi connectivity index (χ0) is 13.5. The molecule has 5 nitrogen and oxygen atoms in total. The van der Waals surface area contributed by atoms with E-state index in [1.807, 2.05) is 11.8 Å². The molecule has 0 aromatic heterocycles. The van der Waals surface area contributed by atoms with Gasteiger partial charge < -0.3 is 9.47 Å². The van der Waals surface area contributed by atoms with Gasteiger partial charge >= 0.3 is 11.9 Å². The highest BCUT2D eigenvalue weighted by molar-refractivity contribution is 5.76. The lowest BCUT2D eigenvalue weighted by molar-refractivity contribution is -0.155. The smallest absolute Gasteiger partial charge is 0.323 e. The van der Waals surface area contributed by atoms with Gasteiger partial charge in [-0.1, -0.05) is 0 Å².